The van der Waals surface area contributed by atoms with E-state index in [0.717, 1.165) is 43.2 Å². The lowest BCUT2D eigenvalue weighted by atomic mass is 9.98. The van der Waals surface area contributed by atoms with Crippen molar-refractivity contribution >= 4 is 34.8 Å². The summed E-state index contributed by atoms with van der Waals surface area (Å²) in [6.07, 6.45) is 2.44. The lowest BCUT2D eigenvalue weighted by Gasteiger charge is -2.23. The van der Waals surface area contributed by atoms with E-state index in [-0.39, 0.29) is 6.61 Å². The van der Waals surface area contributed by atoms with Crippen LogP contribution in [-0.2, 0) is 13.2 Å². The first-order chi connectivity index (χ1) is 14.1. The zero-order valence-electron chi connectivity index (χ0n) is 16.6. The van der Waals surface area contributed by atoms with E-state index in [4.69, 9.17) is 44.3 Å². The molecular weight excluding hydrogens is 431 g/mol. The first-order valence-corrected chi connectivity index (χ1v) is 11.1. The van der Waals surface area contributed by atoms with Crippen molar-refractivity contribution < 1.29 is 9.47 Å². The molecule has 0 bridgehead atoms. The number of hydrogen-bond donors (Lipinski definition) is 2. The van der Waals surface area contributed by atoms with Crippen LogP contribution in [0.15, 0.2) is 30.3 Å². The van der Waals surface area contributed by atoms with Crippen LogP contribution in [0.1, 0.15) is 30.9 Å². The van der Waals surface area contributed by atoms with E-state index >= 15 is 0 Å². The molecule has 0 saturated carbocycles. The highest BCUT2D eigenvalue weighted by Gasteiger charge is 2.16. The van der Waals surface area contributed by atoms with Gasteiger partial charge in [0.2, 0.25) is 0 Å². The molecule has 2 aromatic rings. The van der Waals surface area contributed by atoms with Crippen molar-refractivity contribution in [1.82, 2.24) is 10.6 Å². The van der Waals surface area contributed by atoms with Gasteiger partial charge in [-0.3, -0.25) is 0 Å². The molecule has 1 saturated heterocycles. The van der Waals surface area contributed by atoms with Gasteiger partial charge in [-0.25, -0.2) is 0 Å². The quantitative estimate of drug-likeness (QED) is 0.506. The molecule has 0 radical (unpaired) electrons. The molecule has 4 nitrogen and oxygen atoms in total. The molecule has 0 spiro atoms. The first kappa shape index (κ1) is 22.5. The molecule has 0 aliphatic carbocycles. The van der Waals surface area contributed by atoms with Gasteiger partial charge in [0.05, 0.1) is 11.6 Å². The predicted molar refractivity (Wildman–Crippen MR) is 121 cm³/mol. The molecule has 1 fully saturated rings. The van der Waals surface area contributed by atoms with E-state index < -0.39 is 0 Å². The third kappa shape index (κ3) is 6.40. The third-order valence-corrected chi connectivity index (χ3v) is 6.00. The summed E-state index contributed by atoms with van der Waals surface area (Å²) in [7, 11) is 0. The minimum Gasteiger partial charge on any atom is -0.490 e. The van der Waals surface area contributed by atoms with Gasteiger partial charge in [-0.05, 0) is 75.1 Å². The summed E-state index contributed by atoms with van der Waals surface area (Å²) in [5, 5.41) is 8.57. The molecular formula is C22H27Cl3N2O2. The van der Waals surface area contributed by atoms with E-state index in [2.05, 4.69) is 10.6 Å². The van der Waals surface area contributed by atoms with Crippen LogP contribution >= 0.6 is 34.8 Å². The molecule has 29 heavy (non-hydrogen) atoms. The van der Waals surface area contributed by atoms with E-state index in [1.807, 2.05) is 19.1 Å². The van der Waals surface area contributed by atoms with Crippen LogP contribution in [0.4, 0.5) is 0 Å². The van der Waals surface area contributed by atoms with Crippen LogP contribution in [0.2, 0.25) is 15.1 Å². The van der Waals surface area contributed by atoms with E-state index in [0.29, 0.717) is 33.2 Å². The van der Waals surface area contributed by atoms with Gasteiger partial charge in [-0.2, -0.15) is 0 Å². The number of ether oxygens (including phenoxy) is 2. The number of halogens is 3. The van der Waals surface area contributed by atoms with Gasteiger partial charge in [0.25, 0.3) is 0 Å². The molecule has 1 aliphatic rings. The highest BCUT2D eigenvalue weighted by molar-refractivity contribution is 6.36. The summed E-state index contributed by atoms with van der Waals surface area (Å²) in [4.78, 5) is 0. The van der Waals surface area contributed by atoms with Crippen LogP contribution < -0.4 is 20.1 Å². The fourth-order valence-electron chi connectivity index (χ4n) is 3.45. The smallest absolute Gasteiger partial charge is 0.180 e. The molecule has 1 aliphatic heterocycles. The Bertz CT molecular complexity index is 791. The number of hydrogen-bond acceptors (Lipinski definition) is 4. The Labute approximate surface area is 187 Å². The van der Waals surface area contributed by atoms with E-state index in [9.17, 15) is 0 Å². The van der Waals surface area contributed by atoms with Crippen LogP contribution in [0.5, 0.6) is 11.5 Å². The largest absolute Gasteiger partial charge is 0.490 e. The lowest BCUT2D eigenvalue weighted by molar-refractivity contribution is 0.269. The maximum atomic E-state index is 6.54. The number of rotatable bonds is 9. The Morgan fingerprint density at radius 1 is 1.03 bits per heavy atom. The Balaban J connectivity index is 1.67. The molecule has 0 atom stereocenters. The van der Waals surface area contributed by atoms with Crippen LogP contribution in [0.3, 0.4) is 0 Å². The minimum absolute atomic E-state index is 0.214. The van der Waals surface area contributed by atoms with Crippen molar-refractivity contribution in [3.05, 3.63) is 56.5 Å². The third-order valence-electron chi connectivity index (χ3n) is 5.01. The fourth-order valence-corrected chi connectivity index (χ4v) is 4.24. The summed E-state index contributed by atoms with van der Waals surface area (Å²) < 4.78 is 11.8. The van der Waals surface area contributed by atoms with Crippen molar-refractivity contribution in [2.24, 2.45) is 5.92 Å². The van der Waals surface area contributed by atoms with Crippen molar-refractivity contribution in [2.45, 2.75) is 32.9 Å². The Kier molecular flexibility index (Phi) is 8.76. The topological polar surface area (TPSA) is 42.5 Å². The average molecular weight is 458 g/mol. The van der Waals surface area contributed by atoms with E-state index in [1.54, 1.807) is 18.2 Å². The molecule has 7 heteroatoms. The van der Waals surface area contributed by atoms with Gasteiger partial charge in [-0.1, -0.05) is 40.9 Å². The molecule has 158 valence electrons. The standard InChI is InChI=1S/C22H27Cl3N2O2/c1-2-28-21-11-16(13-27-12-15-6-8-26-9-7-15)10-20(25)22(21)29-14-17-18(23)4-3-5-19(17)24/h3-5,10-11,15,26-27H,2,6-9,12-14H2,1H3. The summed E-state index contributed by atoms with van der Waals surface area (Å²) in [6.45, 7) is 6.62. The van der Waals surface area contributed by atoms with Crippen molar-refractivity contribution in [3.63, 3.8) is 0 Å². The summed E-state index contributed by atoms with van der Waals surface area (Å²) in [5.41, 5.74) is 1.79. The number of benzene rings is 2. The van der Waals surface area contributed by atoms with Crippen molar-refractivity contribution in [3.8, 4) is 11.5 Å². The number of piperidine rings is 1. The summed E-state index contributed by atoms with van der Waals surface area (Å²) in [5.74, 6) is 1.86. The fraction of sp³-hybridized carbons (Fsp3) is 0.455. The van der Waals surface area contributed by atoms with Gasteiger partial charge in [0.15, 0.2) is 11.5 Å². The van der Waals surface area contributed by atoms with E-state index in [1.165, 1.54) is 12.8 Å². The van der Waals surface area contributed by atoms with Gasteiger partial charge >= 0.3 is 0 Å². The minimum atomic E-state index is 0.214. The monoisotopic (exact) mass is 456 g/mol. The average Bonchev–Trinajstić information content (AvgIpc) is 2.70. The first-order valence-electron chi connectivity index (χ1n) is 10.0. The highest BCUT2D eigenvalue weighted by Crippen LogP contribution is 2.38. The normalized spacial score (nSPS) is 14.8. The van der Waals surface area contributed by atoms with Gasteiger partial charge in [0, 0.05) is 22.2 Å². The summed E-state index contributed by atoms with van der Waals surface area (Å²) in [6, 6.07) is 9.28. The molecule has 0 amide bonds. The van der Waals surface area contributed by atoms with Crippen molar-refractivity contribution in [2.75, 3.05) is 26.2 Å². The molecule has 2 N–H and O–H groups in total. The molecule has 2 aromatic carbocycles. The highest BCUT2D eigenvalue weighted by atomic mass is 35.5. The van der Waals surface area contributed by atoms with Crippen molar-refractivity contribution in [1.29, 1.82) is 0 Å². The predicted octanol–water partition coefficient (Wildman–Crippen LogP) is 5.71. The van der Waals surface area contributed by atoms with Crippen LogP contribution in [0, 0.1) is 5.92 Å². The zero-order chi connectivity index (χ0) is 20.6. The second-order valence-corrected chi connectivity index (χ2v) is 8.37. The Morgan fingerprint density at radius 2 is 1.76 bits per heavy atom. The SMILES string of the molecule is CCOc1cc(CNCC2CCNCC2)cc(Cl)c1OCc1c(Cl)cccc1Cl. The maximum absolute atomic E-state index is 6.54. The maximum Gasteiger partial charge on any atom is 0.180 e. The van der Waals surface area contributed by atoms with Crippen LogP contribution in [0.25, 0.3) is 0 Å². The molecule has 0 unspecified atom stereocenters. The second kappa shape index (κ2) is 11.3. The second-order valence-electron chi connectivity index (χ2n) is 7.15. The molecule has 0 aromatic heterocycles. The molecule has 3 rings (SSSR count). The van der Waals surface area contributed by atoms with Gasteiger partial charge < -0.3 is 20.1 Å². The molecule has 1 heterocycles. The van der Waals surface area contributed by atoms with Gasteiger partial charge in [-0.15, -0.1) is 0 Å². The van der Waals surface area contributed by atoms with Gasteiger partial charge in [0.1, 0.15) is 6.61 Å². The Hall–Kier alpha value is -1.17. The van der Waals surface area contributed by atoms with Crippen LogP contribution in [-0.4, -0.2) is 26.2 Å². The zero-order valence-corrected chi connectivity index (χ0v) is 18.8. The lowest BCUT2D eigenvalue weighted by Crippen LogP contribution is -2.33. The summed E-state index contributed by atoms with van der Waals surface area (Å²) >= 11 is 19.0. The Morgan fingerprint density at radius 3 is 2.45 bits per heavy atom. The number of nitrogens with one attached hydrogen (secondary N) is 2.